The van der Waals surface area contributed by atoms with Crippen molar-refractivity contribution in [1.29, 1.82) is 0 Å². The molecule has 0 bridgehead atoms. The second-order valence-corrected chi connectivity index (χ2v) is 6.61. The van der Waals surface area contributed by atoms with Crippen LogP contribution in [0.4, 0.5) is 5.82 Å². The van der Waals surface area contributed by atoms with Gasteiger partial charge in [-0.1, -0.05) is 23.4 Å². The molecule has 0 amide bonds. The monoisotopic (exact) mass is 311 g/mol. The van der Waals surface area contributed by atoms with Crippen molar-refractivity contribution >= 4 is 40.5 Å². The molecule has 3 nitrogen and oxygen atoms in total. The molecule has 0 fully saturated rings. The van der Waals surface area contributed by atoms with Crippen molar-refractivity contribution in [3.05, 3.63) is 33.1 Å². The summed E-state index contributed by atoms with van der Waals surface area (Å²) in [6.45, 7) is 0. The molecule has 2 heterocycles. The van der Waals surface area contributed by atoms with Crippen LogP contribution in [-0.2, 0) is 6.42 Å². The van der Waals surface area contributed by atoms with E-state index in [0.717, 1.165) is 12.2 Å². The summed E-state index contributed by atoms with van der Waals surface area (Å²) < 4.78 is 0. The van der Waals surface area contributed by atoms with Gasteiger partial charge in [-0.25, -0.2) is 9.97 Å². The number of aromatic nitrogens is 2. The first-order valence-corrected chi connectivity index (χ1v) is 8.66. The highest BCUT2D eigenvalue weighted by Gasteiger charge is 2.21. The van der Waals surface area contributed by atoms with Crippen LogP contribution < -0.4 is 5.32 Å². The number of hydrogen-bond acceptors (Lipinski definition) is 5. The Morgan fingerprint density at radius 1 is 1.47 bits per heavy atom. The lowest BCUT2D eigenvalue weighted by Gasteiger charge is -2.24. The molecule has 0 aromatic carbocycles. The number of nitrogens with zero attached hydrogens (tertiary/aromatic N) is 2. The van der Waals surface area contributed by atoms with Gasteiger partial charge in [0.05, 0.1) is 6.04 Å². The summed E-state index contributed by atoms with van der Waals surface area (Å²) in [5, 5.41) is 6.86. The lowest BCUT2D eigenvalue weighted by molar-refractivity contribution is 0.606. The summed E-state index contributed by atoms with van der Waals surface area (Å²) >= 11 is 9.37. The Hall–Kier alpha value is -0.780. The smallest absolute Gasteiger partial charge is 0.190 e. The molecule has 0 saturated heterocycles. The van der Waals surface area contributed by atoms with Crippen molar-refractivity contribution in [3.8, 4) is 0 Å². The number of halogens is 1. The number of thioether (sulfide) groups is 1. The van der Waals surface area contributed by atoms with Gasteiger partial charge < -0.3 is 5.32 Å². The summed E-state index contributed by atoms with van der Waals surface area (Å²) in [4.78, 5) is 10.1. The van der Waals surface area contributed by atoms with E-state index in [4.69, 9.17) is 11.6 Å². The van der Waals surface area contributed by atoms with E-state index in [2.05, 4.69) is 26.7 Å². The van der Waals surface area contributed by atoms with Crippen molar-refractivity contribution in [3.63, 3.8) is 0 Å². The van der Waals surface area contributed by atoms with Crippen molar-refractivity contribution in [1.82, 2.24) is 9.97 Å². The van der Waals surface area contributed by atoms with Gasteiger partial charge in [-0.3, -0.25) is 0 Å². The van der Waals surface area contributed by atoms with Gasteiger partial charge in [0.1, 0.15) is 11.0 Å². The topological polar surface area (TPSA) is 37.8 Å². The summed E-state index contributed by atoms with van der Waals surface area (Å²) in [7, 11) is 0. The van der Waals surface area contributed by atoms with Gasteiger partial charge in [0.2, 0.25) is 0 Å². The van der Waals surface area contributed by atoms with Crippen LogP contribution in [0.5, 0.6) is 0 Å². The van der Waals surface area contributed by atoms with E-state index in [0.29, 0.717) is 16.4 Å². The molecule has 1 atom stereocenters. The molecule has 1 N–H and O–H groups in total. The van der Waals surface area contributed by atoms with Gasteiger partial charge in [0, 0.05) is 10.9 Å². The first kappa shape index (κ1) is 13.2. The largest absolute Gasteiger partial charge is 0.363 e. The number of rotatable bonds is 3. The predicted octanol–water partition coefficient (Wildman–Crippen LogP) is 4.40. The highest BCUT2D eigenvalue weighted by molar-refractivity contribution is 7.98. The Labute approximate surface area is 125 Å². The van der Waals surface area contributed by atoms with Crippen LogP contribution in [0, 0.1) is 0 Å². The highest BCUT2D eigenvalue weighted by atomic mass is 35.5. The fourth-order valence-electron chi connectivity index (χ4n) is 2.38. The zero-order chi connectivity index (χ0) is 13.2. The summed E-state index contributed by atoms with van der Waals surface area (Å²) in [5.74, 6) is 0.813. The van der Waals surface area contributed by atoms with Crippen LogP contribution in [0.25, 0.3) is 0 Å². The molecular formula is C13H14ClN3S2. The van der Waals surface area contributed by atoms with Crippen LogP contribution >= 0.6 is 34.7 Å². The van der Waals surface area contributed by atoms with E-state index in [9.17, 15) is 0 Å². The first-order chi connectivity index (χ1) is 9.26. The minimum atomic E-state index is 0.343. The number of anilines is 1. The van der Waals surface area contributed by atoms with E-state index in [-0.39, 0.29) is 0 Å². The molecule has 100 valence electrons. The average molecular weight is 312 g/mol. The van der Waals surface area contributed by atoms with Crippen LogP contribution in [0.15, 0.2) is 22.7 Å². The van der Waals surface area contributed by atoms with E-state index < -0.39 is 0 Å². The van der Waals surface area contributed by atoms with Gasteiger partial charge >= 0.3 is 0 Å². The molecule has 3 rings (SSSR count). The molecule has 1 aliphatic carbocycles. The minimum absolute atomic E-state index is 0.343. The van der Waals surface area contributed by atoms with E-state index in [1.165, 1.54) is 35.0 Å². The second-order valence-electron chi connectivity index (χ2n) is 4.45. The third-order valence-corrected chi connectivity index (χ3v) is 4.97. The van der Waals surface area contributed by atoms with Crippen molar-refractivity contribution in [2.45, 2.75) is 30.5 Å². The third-order valence-electron chi connectivity index (χ3n) is 3.23. The second kappa shape index (κ2) is 5.69. The normalized spacial score (nSPS) is 18.1. The fraction of sp³-hybridized carbons (Fsp3) is 0.385. The Bertz CT molecular complexity index is 585. The molecule has 0 spiro atoms. The number of hydrogen-bond donors (Lipinski definition) is 1. The lowest BCUT2D eigenvalue weighted by Crippen LogP contribution is -2.16. The fourth-order valence-corrected chi connectivity index (χ4v) is 3.98. The zero-order valence-electron chi connectivity index (χ0n) is 10.5. The van der Waals surface area contributed by atoms with Gasteiger partial charge in [0.15, 0.2) is 5.16 Å². The number of fused-ring (bicyclic) bond motifs is 1. The Kier molecular flexibility index (Phi) is 3.96. The van der Waals surface area contributed by atoms with Crippen LogP contribution in [0.2, 0.25) is 5.15 Å². The predicted molar refractivity (Wildman–Crippen MR) is 82.4 cm³/mol. The Balaban J connectivity index is 1.85. The summed E-state index contributed by atoms with van der Waals surface area (Å²) in [5.41, 5.74) is 1.41. The van der Waals surface area contributed by atoms with E-state index in [1.54, 1.807) is 6.07 Å². The first-order valence-electron chi connectivity index (χ1n) is 6.17. The van der Waals surface area contributed by atoms with Crippen molar-refractivity contribution in [2.75, 3.05) is 11.6 Å². The number of thiophene rings is 1. The Morgan fingerprint density at radius 2 is 2.37 bits per heavy atom. The van der Waals surface area contributed by atoms with Crippen LogP contribution in [0.3, 0.4) is 0 Å². The maximum atomic E-state index is 6.02. The Morgan fingerprint density at radius 3 is 3.21 bits per heavy atom. The molecule has 19 heavy (non-hydrogen) atoms. The molecule has 0 radical (unpaired) electrons. The lowest BCUT2D eigenvalue weighted by atomic mass is 9.94. The molecule has 0 aliphatic heterocycles. The minimum Gasteiger partial charge on any atom is -0.363 e. The van der Waals surface area contributed by atoms with Gasteiger partial charge in [-0.15, -0.1) is 11.3 Å². The van der Waals surface area contributed by atoms with Crippen molar-refractivity contribution in [2.24, 2.45) is 0 Å². The summed E-state index contributed by atoms with van der Waals surface area (Å²) in [6, 6.07) is 4.35. The maximum absolute atomic E-state index is 6.02. The molecule has 0 saturated carbocycles. The van der Waals surface area contributed by atoms with Crippen molar-refractivity contribution < 1.29 is 0 Å². The highest BCUT2D eigenvalue weighted by Crippen LogP contribution is 2.35. The van der Waals surface area contributed by atoms with Gasteiger partial charge in [-0.2, -0.15) is 0 Å². The summed E-state index contributed by atoms with van der Waals surface area (Å²) in [6.07, 6.45) is 5.51. The molecule has 1 unspecified atom stereocenters. The van der Waals surface area contributed by atoms with Gasteiger partial charge in [-0.05, 0) is 42.5 Å². The van der Waals surface area contributed by atoms with E-state index in [1.807, 2.05) is 17.6 Å². The SMILES string of the molecule is CSc1nc(Cl)cc(NC2CCCc3sccc32)n1. The van der Waals surface area contributed by atoms with Gasteiger partial charge in [0.25, 0.3) is 0 Å². The van der Waals surface area contributed by atoms with Crippen LogP contribution in [0.1, 0.15) is 29.3 Å². The number of nitrogens with one attached hydrogen (secondary N) is 1. The molecular weight excluding hydrogens is 298 g/mol. The zero-order valence-corrected chi connectivity index (χ0v) is 12.9. The molecule has 1 aliphatic rings. The van der Waals surface area contributed by atoms with E-state index >= 15 is 0 Å². The standard InChI is InChI=1S/C13H14ClN3S2/c1-18-13-16-11(14)7-12(17-13)15-9-3-2-4-10-8(9)5-6-19-10/h5-7,9H,2-4H2,1H3,(H,15,16,17). The number of aryl methyl sites for hydroxylation is 1. The molecule has 2 aromatic heterocycles. The molecule has 6 heteroatoms. The maximum Gasteiger partial charge on any atom is 0.190 e. The average Bonchev–Trinajstić information content (AvgIpc) is 2.87. The van der Waals surface area contributed by atoms with Crippen LogP contribution in [-0.4, -0.2) is 16.2 Å². The molecule has 2 aromatic rings. The quantitative estimate of drug-likeness (QED) is 0.518. The third kappa shape index (κ3) is 2.88.